The predicted molar refractivity (Wildman–Crippen MR) is 90.3 cm³/mol. The first-order chi connectivity index (χ1) is 9.56. The molecule has 0 aromatic heterocycles. The first kappa shape index (κ1) is 18.0. The number of hydrogen-bond donors (Lipinski definition) is 2. The number of piperazine rings is 1. The molecule has 0 aliphatic carbocycles. The number of rotatable bonds is 4. The average Bonchev–Trinajstić information content (AvgIpc) is 2.41. The Kier molecular flexibility index (Phi) is 7.15. The van der Waals surface area contributed by atoms with Gasteiger partial charge in [-0.1, -0.05) is 26.0 Å². The maximum Gasteiger partial charge on any atom is 0.238 e. The Balaban J connectivity index is 0.00000220. The normalized spacial score (nSPS) is 19.1. The number of carbonyl (C=O) groups excluding carboxylic acids is 1. The van der Waals surface area contributed by atoms with Crippen LogP contribution in [0.1, 0.15) is 32.3 Å². The van der Waals surface area contributed by atoms with Crippen molar-refractivity contribution in [1.82, 2.24) is 10.2 Å². The molecule has 2 N–H and O–H groups in total. The zero-order chi connectivity index (χ0) is 14.5. The summed E-state index contributed by atoms with van der Waals surface area (Å²) in [6.07, 6.45) is 0. The summed E-state index contributed by atoms with van der Waals surface area (Å²) in [5.41, 5.74) is 2.14. The molecule has 21 heavy (non-hydrogen) atoms. The summed E-state index contributed by atoms with van der Waals surface area (Å²) in [6, 6.07) is 8.52. The summed E-state index contributed by atoms with van der Waals surface area (Å²) in [6.45, 7) is 9.78. The lowest BCUT2D eigenvalue weighted by Gasteiger charge is -2.33. The van der Waals surface area contributed by atoms with E-state index in [1.165, 1.54) is 5.56 Å². The van der Waals surface area contributed by atoms with E-state index in [-0.39, 0.29) is 18.3 Å². The van der Waals surface area contributed by atoms with Gasteiger partial charge in [-0.05, 0) is 30.5 Å². The van der Waals surface area contributed by atoms with Crippen LogP contribution >= 0.6 is 12.4 Å². The third kappa shape index (κ3) is 5.30. The lowest BCUT2D eigenvalue weighted by Crippen LogP contribution is -2.51. The van der Waals surface area contributed by atoms with Gasteiger partial charge < -0.3 is 10.6 Å². The van der Waals surface area contributed by atoms with Gasteiger partial charge in [0.1, 0.15) is 0 Å². The van der Waals surface area contributed by atoms with Gasteiger partial charge in [-0.15, -0.1) is 12.4 Å². The second-order valence-electron chi connectivity index (χ2n) is 5.85. The number of benzene rings is 1. The number of halogens is 1. The highest BCUT2D eigenvalue weighted by atomic mass is 35.5. The van der Waals surface area contributed by atoms with Gasteiger partial charge in [0, 0.05) is 31.4 Å². The van der Waals surface area contributed by atoms with Crippen molar-refractivity contribution < 1.29 is 4.79 Å². The largest absolute Gasteiger partial charge is 0.325 e. The van der Waals surface area contributed by atoms with Crippen LogP contribution in [0, 0.1) is 0 Å². The van der Waals surface area contributed by atoms with E-state index in [1.807, 2.05) is 12.1 Å². The lowest BCUT2D eigenvalue weighted by molar-refractivity contribution is -0.118. The van der Waals surface area contributed by atoms with Crippen molar-refractivity contribution in [3.63, 3.8) is 0 Å². The molecule has 1 heterocycles. The first-order valence-electron chi connectivity index (χ1n) is 7.41. The van der Waals surface area contributed by atoms with E-state index in [2.05, 4.69) is 48.4 Å². The summed E-state index contributed by atoms with van der Waals surface area (Å²) in [5, 5.41) is 6.34. The van der Waals surface area contributed by atoms with Gasteiger partial charge in [-0.3, -0.25) is 9.69 Å². The van der Waals surface area contributed by atoms with Crippen LogP contribution in [-0.2, 0) is 4.79 Å². The van der Waals surface area contributed by atoms with Crippen LogP contribution in [-0.4, -0.2) is 43.0 Å². The number of nitrogens with one attached hydrogen (secondary N) is 2. The third-order valence-corrected chi connectivity index (χ3v) is 3.82. The van der Waals surface area contributed by atoms with Crippen LogP contribution < -0.4 is 10.6 Å². The summed E-state index contributed by atoms with van der Waals surface area (Å²) >= 11 is 0. The summed E-state index contributed by atoms with van der Waals surface area (Å²) < 4.78 is 0. The number of carbonyl (C=O) groups is 1. The van der Waals surface area contributed by atoms with Crippen LogP contribution in [0.4, 0.5) is 5.69 Å². The zero-order valence-corrected chi connectivity index (χ0v) is 13.9. The minimum absolute atomic E-state index is 0. The van der Waals surface area contributed by atoms with Crippen molar-refractivity contribution >= 4 is 24.0 Å². The molecule has 0 saturated carbocycles. The molecule has 1 amide bonds. The molecule has 1 unspecified atom stereocenters. The number of anilines is 1. The van der Waals surface area contributed by atoms with Crippen LogP contribution in [0.2, 0.25) is 0 Å². The molecule has 1 saturated heterocycles. The average molecular weight is 312 g/mol. The van der Waals surface area contributed by atoms with E-state index >= 15 is 0 Å². The fourth-order valence-corrected chi connectivity index (χ4v) is 2.48. The minimum atomic E-state index is 0. The number of amides is 1. The van der Waals surface area contributed by atoms with Crippen molar-refractivity contribution in [3.05, 3.63) is 29.8 Å². The molecule has 1 atom stereocenters. The maximum atomic E-state index is 12.1. The summed E-state index contributed by atoms with van der Waals surface area (Å²) in [4.78, 5) is 14.4. The molecule has 5 heteroatoms. The molecule has 0 spiro atoms. The van der Waals surface area contributed by atoms with E-state index in [1.54, 1.807) is 0 Å². The third-order valence-electron chi connectivity index (χ3n) is 3.82. The SMILES string of the molecule is CC(C)c1cccc(NC(=O)CN2CCNCC2C)c1.Cl. The molecule has 0 bridgehead atoms. The molecular formula is C16H26ClN3O. The first-order valence-corrected chi connectivity index (χ1v) is 7.41. The van der Waals surface area contributed by atoms with Gasteiger partial charge in [-0.25, -0.2) is 0 Å². The number of hydrogen-bond acceptors (Lipinski definition) is 3. The van der Waals surface area contributed by atoms with E-state index in [0.717, 1.165) is 25.3 Å². The maximum absolute atomic E-state index is 12.1. The molecular weight excluding hydrogens is 286 g/mol. The van der Waals surface area contributed by atoms with Gasteiger partial charge in [0.2, 0.25) is 5.91 Å². The molecule has 1 aliphatic rings. The van der Waals surface area contributed by atoms with Gasteiger partial charge in [-0.2, -0.15) is 0 Å². The Hall–Kier alpha value is -1.10. The van der Waals surface area contributed by atoms with Gasteiger partial charge >= 0.3 is 0 Å². The second-order valence-corrected chi connectivity index (χ2v) is 5.85. The van der Waals surface area contributed by atoms with Crippen LogP contribution in [0.25, 0.3) is 0 Å². The van der Waals surface area contributed by atoms with Crippen LogP contribution in [0.5, 0.6) is 0 Å². The molecule has 4 nitrogen and oxygen atoms in total. The molecule has 2 rings (SSSR count). The van der Waals surface area contributed by atoms with Crippen LogP contribution in [0.15, 0.2) is 24.3 Å². The Morgan fingerprint density at radius 2 is 2.24 bits per heavy atom. The van der Waals surface area contributed by atoms with E-state index < -0.39 is 0 Å². The van der Waals surface area contributed by atoms with Gasteiger partial charge in [0.15, 0.2) is 0 Å². The van der Waals surface area contributed by atoms with Crippen molar-refractivity contribution in [2.45, 2.75) is 32.7 Å². The van der Waals surface area contributed by atoms with E-state index in [9.17, 15) is 4.79 Å². The topological polar surface area (TPSA) is 44.4 Å². The minimum Gasteiger partial charge on any atom is -0.325 e. The molecule has 1 aromatic carbocycles. The number of nitrogens with zero attached hydrogens (tertiary/aromatic N) is 1. The molecule has 0 radical (unpaired) electrons. The highest BCUT2D eigenvalue weighted by molar-refractivity contribution is 5.92. The Morgan fingerprint density at radius 3 is 2.90 bits per heavy atom. The van der Waals surface area contributed by atoms with Crippen molar-refractivity contribution in [1.29, 1.82) is 0 Å². The van der Waals surface area contributed by atoms with Crippen molar-refractivity contribution in [2.75, 3.05) is 31.5 Å². The Labute approximate surface area is 133 Å². The molecule has 118 valence electrons. The quantitative estimate of drug-likeness (QED) is 0.898. The fraction of sp³-hybridized carbons (Fsp3) is 0.562. The van der Waals surface area contributed by atoms with Gasteiger partial charge in [0.25, 0.3) is 0 Å². The summed E-state index contributed by atoms with van der Waals surface area (Å²) in [7, 11) is 0. The smallest absolute Gasteiger partial charge is 0.238 e. The predicted octanol–water partition coefficient (Wildman–Crippen LogP) is 2.46. The summed E-state index contributed by atoms with van der Waals surface area (Å²) in [5.74, 6) is 0.541. The van der Waals surface area contributed by atoms with E-state index in [0.29, 0.717) is 18.5 Å². The zero-order valence-electron chi connectivity index (χ0n) is 13.1. The molecule has 1 aliphatic heterocycles. The Morgan fingerprint density at radius 1 is 1.48 bits per heavy atom. The monoisotopic (exact) mass is 311 g/mol. The highest BCUT2D eigenvalue weighted by Crippen LogP contribution is 2.18. The van der Waals surface area contributed by atoms with Gasteiger partial charge in [0.05, 0.1) is 6.54 Å². The molecule has 1 fully saturated rings. The molecule has 1 aromatic rings. The highest BCUT2D eigenvalue weighted by Gasteiger charge is 2.20. The van der Waals surface area contributed by atoms with E-state index in [4.69, 9.17) is 0 Å². The Bertz CT molecular complexity index is 465. The lowest BCUT2D eigenvalue weighted by atomic mass is 10.0. The van der Waals surface area contributed by atoms with Crippen molar-refractivity contribution in [3.8, 4) is 0 Å². The van der Waals surface area contributed by atoms with Crippen LogP contribution in [0.3, 0.4) is 0 Å². The fourth-order valence-electron chi connectivity index (χ4n) is 2.48. The standard InChI is InChI=1S/C16H25N3O.ClH/c1-12(2)14-5-4-6-15(9-14)18-16(20)11-19-8-7-17-10-13(19)3;/h4-6,9,12-13,17H,7-8,10-11H2,1-3H3,(H,18,20);1H. The second kappa shape index (κ2) is 8.37. The van der Waals surface area contributed by atoms with Crippen molar-refractivity contribution in [2.24, 2.45) is 0 Å².